The fourth-order valence-corrected chi connectivity index (χ4v) is 1.32. The highest BCUT2D eigenvalue weighted by atomic mass is 16.5. The largest absolute Gasteiger partial charge is 0.373 e. The van der Waals surface area contributed by atoms with E-state index in [1.165, 1.54) is 5.56 Å². The van der Waals surface area contributed by atoms with Gasteiger partial charge in [-0.25, -0.2) is 0 Å². The van der Waals surface area contributed by atoms with Gasteiger partial charge in [-0.15, -0.1) is 0 Å². The Morgan fingerprint density at radius 3 is 2.40 bits per heavy atom. The maximum atomic E-state index is 11.6. The lowest BCUT2D eigenvalue weighted by Crippen LogP contribution is -2.09. The summed E-state index contributed by atoms with van der Waals surface area (Å²) in [4.78, 5) is 11.6. The van der Waals surface area contributed by atoms with Gasteiger partial charge in [-0.3, -0.25) is 4.79 Å². The summed E-state index contributed by atoms with van der Waals surface area (Å²) in [5.41, 5.74) is 1.99. The Morgan fingerprint density at radius 2 is 1.87 bits per heavy atom. The van der Waals surface area contributed by atoms with Gasteiger partial charge in [0.2, 0.25) is 0 Å². The maximum absolute atomic E-state index is 11.6. The fourth-order valence-electron chi connectivity index (χ4n) is 1.32. The first-order valence-corrected chi connectivity index (χ1v) is 5.47. The quantitative estimate of drug-likeness (QED) is 0.528. The number of Topliss-reactive ketones (excluding diaryl/α,β-unsaturated/α-hetero) is 1. The van der Waals surface area contributed by atoms with E-state index in [1.807, 2.05) is 31.2 Å². The zero-order valence-corrected chi connectivity index (χ0v) is 9.45. The molecule has 0 amide bonds. The Hall–Kier alpha value is -1.15. The van der Waals surface area contributed by atoms with Crippen molar-refractivity contribution >= 4 is 5.78 Å². The van der Waals surface area contributed by atoms with Crippen molar-refractivity contribution < 1.29 is 9.53 Å². The van der Waals surface area contributed by atoms with E-state index < -0.39 is 0 Å². The molecule has 0 saturated heterocycles. The fraction of sp³-hybridized carbons (Fsp3) is 0.462. The third-order valence-electron chi connectivity index (χ3n) is 2.27. The Bertz CT molecular complexity index is 301. The number of hydrogen-bond donors (Lipinski definition) is 0. The van der Waals surface area contributed by atoms with E-state index in [0.717, 1.165) is 18.4 Å². The molecular formula is C13H18O2. The van der Waals surface area contributed by atoms with Crippen LogP contribution in [0.2, 0.25) is 0 Å². The molecule has 0 atom stereocenters. The summed E-state index contributed by atoms with van der Waals surface area (Å²) in [7, 11) is 0. The molecule has 0 saturated carbocycles. The maximum Gasteiger partial charge on any atom is 0.188 e. The molecule has 0 radical (unpaired) electrons. The molecule has 0 aliphatic carbocycles. The minimum atomic E-state index is 0.0612. The lowest BCUT2D eigenvalue weighted by atomic mass is 10.1. The Kier molecular flexibility index (Phi) is 5.05. The second-order valence-corrected chi connectivity index (χ2v) is 3.53. The van der Waals surface area contributed by atoms with E-state index in [4.69, 9.17) is 4.74 Å². The van der Waals surface area contributed by atoms with Crippen LogP contribution in [0.25, 0.3) is 0 Å². The van der Waals surface area contributed by atoms with Crippen molar-refractivity contribution in [1.82, 2.24) is 0 Å². The molecule has 0 spiro atoms. The molecule has 0 bridgehead atoms. The summed E-state index contributed by atoms with van der Waals surface area (Å²) in [6.45, 7) is 4.97. The number of rotatable bonds is 6. The van der Waals surface area contributed by atoms with Crippen LogP contribution in [0.3, 0.4) is 0 Å². The van der Waals surface area contributed by atoms with Crippen molar-refractivity contribution in [2.75, 3.05) is 13.2 Å². The molecule has 0 unspecified atom stereocenters. The van der Waals surface area contributed by atoms with Crippen molar-refractivity contribution in [3.63, 3.8) is 0 Å². The van der Waals surface area contributed by atoms with Crippen molar-refractivity contribution in [1.29, 1.82) is 0 Å². The number of hydrogen-bond acceptors (Lipinski definition) is 2. The predicted octanol–water partition coefficient (Wildman–Crippen LogP) is 2.86. The van der Waals surface area contributed by atoms with Gasteiger partial charge in [0.15, 0.2) is 5.78 Å². The zero-order valence-electron chi connectivity index (χ0n) is 9.45. The number of aryl methyl sites for hydroxylation is 1. The van der Waals surface area contributed by atoms with Crippen LogP contribution in [0, 0.1) is 0 Å². The number of ketones is 1. The first-order valence-electron chi connectivity index (χ1n) is 5.47. The molecule has 1 aromatic rings. The van der Waals surface area contributed by atoms with E-state index in [-0.39, 0.29) is 12.4 Å². The second-order valence-electron chi connectivity index (χ2n) is 3.53. The van der Waals surface area contributed by atoms with E-state index in [0.29, 0.717) is 6.61 Å². The summed E-state index contributed by atoms with van der Waals surface area (Å²) in [5, 5.41) is 0. The Labute approximate surface area is 91.3 Å². The molecule has 15 heavy (non-hydrogen) atoms. The molecule has 0 N–H and O–H groups in total. The highest BCUT2D eigenvalue weighted by Gasteiger charge is 2.04. The Balaban J connectivity index is 2.50. The van der Waals surface area contributed by atoms with Crippen molar-refractivity contribution in [3.05, 3.63) is 35.4 Å². The smallest absolute Gasteiger partial charge is 0.188 e. The molecule has 0 fully saturated rings. The first-order chi connectivity index (χ1) is 7.27. The van der Waals surface area contributed by atoms with Gasteiger partial charge in [0.1, 0.15) is 6.61 Å². The van der Waals surface area contributed by atoms with Crippen molar-refractivity contribution in [2.24, 2.45) is 0 Å². The summed E-state index contributed by atoms with van der Waals surface area (Å²) in [6, 6.07) is 7.73. The van der Waals surface area contributed by atoms with Crippen LogP contribution < -0.4 is 0 Å². The standard InChI is InChI=1S/C13H18O2/c1-3-9-15-10-13(14)12-7-5-11(4-2)6-8-12/h5-8H,3-4,9-10H2,1-2H3. The normalized spacial score (nSPS) is 10.3. The molecular weight excluding hydrogens is 188 g/mol. The SMILES string of the molecule is CCCOCC(=O)c1ccc(CC)cc1. The molecule has 0 aliphatic heterocycles. The second kappa shape index (κ2) is 6.36. The van der Waals surface area contributed by atoms with Gasteiger partial charge in [-0.1, -0.05) is 38.1 Å². The molecule has 1 rings (SSSR count). The van der Waals surface area contributed by atoms with E-state index in [2.05, 4.69) is 6.92 Å². The van der Waals surface area contributed by atoms with Gasteiger partial charge >= 0.3 is 0 Å². The molecule has 2 nitrogen and oxygen atoms in total. The van der Waals surface area contributed by atoms with Crippen LogP contribution in [0.4, 0.5) is 0 Å². The van der Waals surface area contributed by atoms with Gasteiger partial charge in [0, 0.05) is 12.2 Å². The average molecular weight is 206 g/mol. The third kappa shape index (κ3) is 3.84. The van der Waals surface area contributed by atoms with Crippen LogP contribution in [0.15, 0.2) is 24.3 Å². The summed E-state index contributed by atoms with van der Waals surface area (Å²) < 4.78 is 5.21. The van der Waals surface area contributed by atoms with Gasteiger partial charge in [0.05, 0.1) is 0 Å². The molecule has 82 valence electrons. The van der Waals surface area contributed by atoms with Gasteiger partial charge < -0.3 is 4.74 Å². The Morgan fingerprint density at radius 1 is 1.20 bits per heavy atom. The number of carbonyl (C=O) groups is 1. The third-order valence-corrected chi connectivity index (χ3v) is 2.27. The molecule has 0 aromatic heterocycles. The predicted molar refractivity (Wildman–Crippen MR) is 61.3 cm³/mol. The summed E-state index contributed by atoms with van der Waals surface area (Å²) in [6.07, 6.45) is 1.95. The van der Waals surface area contributed by atoms with E-state index >= 15 is 0 Å². The van der Waals surface area contributed by atoms with Gasteiger partial charge in [-0.05, 0) is 18.4 Å². The lowest BCUT2D eigenvalue weighted by Gasteiger charge is -2.03. The molecule has 1 aromatic carbocycles. The highest BCUT2D eigenvalue weighted by molar-refractivity contribution is 5.97. The zero-order chi connectivity index (χ0) is 11.1. The summed E-state index contributed by atoms with van der Waals surface area (Å²) >= 11 is 0. The van der Waals surface area contributed by atoms with Crippen LogP contribution in [-0.2, 0) is 11.2 Å². The van der Waals surface area contributed by atoms with Gasteiger partial charge in [-0.2, -0.15) is 0 Å². The van der Waals surface area contributed by atoms with Crippen molar-refractivity contribution in [2.45, 2.75) is 26.7 Å². The van der Waals surface area contributed by atoms with Crippen LogP contribution in [0.5, 0.6) is 0 Å². The average Bonchev–Trinajstić information content (AvgIpc) is 2.29. The highest BCUT2D eigenvalue weighted by Crippen LogP contribution is 2.06. The first kappa shape index (κ1) is 11.9. The number of carbonyl (C=O) groups excluding carboxylic acids is 1. The monoisotopic (exact) mass is 206 g/mol. The van der Waals surface area contributed by atoms with Crippen LogP contribution >= 0.6 is 0 Å². The van der Waals surface area contributed by atoms with Gasteiger partial charge in [0.25, 0.3) is 0 Å². The van der Waals surface area contributed by atoms with E-state index in [1.54, 1.807) is 0 Å². The van der Waals surface area contributed by atoms with Crippen LogP contribution in [-0.4, -0.2) is 19.0 Å². The minimum Gasteiger partial charge on any atom is -0.373 e. The number of benzene rings is 1. The number of ether oxygens (including phenoxy) is 1. The molecule has 2 heteroatoms. The van der Waals surface area contributed by atoms with E-state index in [9.17, 15) is 4.79 Å². The minimum absolute atomic E-state index is 0.0612. The van der Waals surface area contributed by atoms with Crippen molar-refractivity contribution in [3.8, 4) is 0 Å². The topological polar surface area (TPSA) is 26.3 Å². The van der Waals surface area contributed by atoms with Crippen LogP contribution in [0.1, 0.15) is 36.2 Å². The lowest BCUT2D eigenvalue weighted by molar-refractivity contribution is 0.0761. The summed E-state index contributed by atoms with van der Waals surface area (Å²) in [5.74, 6) is 0.0612. The molecule has 0 heterocycles. The molecule has 0 aliphatic rings.